The molecule has 130 valence electrons. The minimum atomic E-state index is -0.306. The number of hydrogen-bond donors (Lipinski definition) is 1. The summed E-state index contributed by atoms with van der Waals surface area (Å²) in [5.41, 5.74) is 4.83. The molecule has 0 saturated heterocycles. The van der Waals surface area contributed by atoms with E-state index in [2.05, 4.69) is 20.4 Å². The van der Waals surface area contributed by atoms with Crippen LogP contribution in [0.4, 0.5) is 10.2 Å². The number of rotatable bonds is 4. The topological polar surface area (TPSA) is 55.6 Å². The molecule has 5 nitrogen and oxygen atoms in total. The Kier molecular flexibility index (Phi) is 4.08. The number of halogens is 1. The lowest BCUT2D eigenvalue weighted by molar-refractivity contribution is 0.629. The first-order chi connectivity index (χ1) is 12.6. The number of fused-ring (bicyclic) bond motifs is 1. The minimum Gasteiger partial charge on any atom is -0.365 e. The maximum absolute atomic E-state index is 13.6. The van der Waals surface area contributed by atoms with Crippen LogP contribution in [0.2, 0.25) is 0 Å². The van der Waals surface area contributed by atoms with Gasteiger partial charge in [0.05, 0.1) is 16.9 Å². The monoisotopic (exact) mass is 347 g/mol. The number of nitrogens with one attached hydrogen (secondary N) is 1. The van der Waals surface area contributed by atoms with Crippen molar-refractivity contribution in [2.45, 2.75) is 20.4 Å². The number of aromatic nitrogens is 4. The Morgan fingerprint density at radius 1 is 1.04 bits per heavy atom. The van der Waals surface area contributed by atoms with Gasteiger partial charge in [-0.3, -0.25) is 0 Å². The van der Waals surface area contributed by atoms with Gasteiger partial charge in [-0.15, -0.1) is 0 Å². The first kappa shape index (κ1) is 16.2. The fourth-order valence-corrected chi connectivity index (χ4v) is 3.09. The molecular weight excluding hydrogens is 329 g/mol. The summed E-state index contributed by atoms with van der Waals surface area (Å²) in [7, 11) is 0. The summed E-state index contributed by atoms with van der Waals surface area (Å²) in [6, 6.07) is 14.5. The molecular formula is C20H18FN5. The first-order valence-corrected chi connectivity index (χ1v) is 8.38. The standard InChI is InChI=1S/C20H18FN5/c1-13-18(14(2)26(25-13)16-6-4-3-5-7-16)11-22-20-17-10-15(21)8-9-19(17)23-12-24-20/h3-10,12H,11H2,1-2H3,(H,22,23,24). The molecule has 0 spiro atoms. The molecule has 2 heterocycles. The van der Waals surface area contributed by atoms with Crippen LogP contribution in [-0.4, -0.2) is 19.7 Å². The van der Waals surface area contributed by atoms with Crippen molar-refractivity contribution in [3.8, 4) is 5.69 Å². The normalized spacial score (nSPS) is 11.0. The van der Waals surface area contributed by atoms with Crippen molar-refractivity contribution in [1.29, 1.82) is 0 Å². The average Bonchev–Trinajstić information content (AvgIpc) is 2.95. The van der Waals surface area contributed by atoms with Gasteiger partial charge in [-0.05, 0) is 44.2 Å². The second-order valence-corrected chi connectivity index (χ2v) is 6.13. The van der Waals surface area contributed by atoms with Crippen molar-refractivity contribution in [3.63, 3.8) is 0 Å². The lowest BCUT2D eigenvalue weighted by Crippen LogP contribution is -2.05. The Labute approximate surface area is 150 Å². The van der Waals surface area contributed by atoms with Gasteiger partial charge < -0.3 is 5.32 Å². The van der Waals surface area contributed by atoms with E-state index < -0.39 is 0 Å². The van der Waals surface area contributed by atoms with Gasteiger partial charge in [-0.25, -0.2) is 19.0 Å². The smallest absolute Gasteiger partial charge is 0.137 e. The van der Waals surface area contributed by atoms with Gasteiger partial charge in [0, 0.05) is 23.2 Å². The molecule has 2 aromatic heterocycles. The molecule has 1 N–H and O–H groups in total. The highest BCUT2D eigenvalue weighted by atomic mass is 19.1. The molecule has 0 aliphatic heterocycles. The third kappa shape index (κ3) is 2.90. The number of benzene rings is 2. The third-order valence-corrected chi connectivity index (χ3v) is 4.47. The quantitative estimate of drug-likeness (QED) is 0.602. The molecule has 4 aromatic rings. The molecule has 0 saturated carbocycles. The molecule has 4 rings (SSSR count). The van der Waals surface area contributed by atoms with Crippen molar-refractivity contribution < 1.29 is 4.39 Å². The molecule has 0 aliphatic carbocycles. The largest absolute Gasteiger partial charge is 0.365 e. The highest BCUT2D eigenvalue weighted by molar-refractivity contribution is 5.88. The summed E-state index contributed by atoms with van der Waals surface area (Å²) in [6.07, 6.45) is 1.48. The third-order valence-electron chi connectivity index (χ3n) is 4.47. The summed E-state index contributed by atoms with van der Waals surface area (Å²) in [4.78, 5) is 8.45. The predicted molar refractivity (Wildman–Crippen MR) is 99.9 cm³/mol. The van der Waals surface area contributed by atoms with E-state index in [1.807, 2.05) is 48.9 Å². The summed E-state index contributed by atoms with van der Waals surface area (Å²) >= 11 is 0. The highest BCUT2D eigenvalue weighted by Crippen LogP contribution is 2.23. The summed E-state index contributed by atoms with van der Waals surface area (Å²) in [6.45, 7) is 4.58. The summed E-state index contributed by atoms with van der Waals surface area (Å²) in [5.74, 6) is 0.306. The second kappa shape index (κ2) is 6.55. The molecule has 6 heteroatoms. The van der Waals surface area contributed by atoms with Crippen LogP contribution in [-0.2, 0) is 6.54 Å². The molecule has 0 aliphatic rings. The van der Waals surface area contributed by atoms with Crippen molar-refractivity contribution >= 4 is 16.7 Å². The Hall–Kier alpha value is -3.28. The van der Waals surface area contributed by atoms with E-state index >= 15 is 0 Å². The Balaban J connectivity index is 1.65. The molecule has 2 aromatic carbocycles. The van der Waals surface area contributed by atoms with Crippen LogP contribution in [0.1, 0.15) is 17.0 Å². The van der Waals surface area contributed by atoms with E-state index in [4.69, 9.17) is 0 Å². The van der Waals surface area contributed by atoms with Crippen LogP contribution >= 0.6 is 0 Å². The zero-order valence-electron chi connectivity index (χ0n) is 14.6. The number of nitrogens with zero attached hydrogens (tertiary/aromatic N) is 4. The molecule has 0 atom stereocenters. The molecule has 0 radical (unpaired) electrons. The van der Waals surface area contributed by atoms with E-state index in [0.29, 0.717) is 23.3 Å². The van der Waals surface area contributed by atoms with Crippen LogP contribution in [0.15, 0.2) is 54.9 Å². The predicted octanol–water partition coefficient (Wildman–Crippen LogP) is 4.18. The van der Waals surface area contributed by atoms with Crippen LogP contribution < -0.4 is 5.32 Å². The SMILES string of the molecule is Cc1nn(-c2ccccc2)c(C)c1CNc1ncnc2ccc(F)cc12. The van der Waals surface area contributed by atoms with Gasteiger partial charge >= 0.3 is 0 Å². The van der Waals surface area contributed by atoms with Crippen molar-refractivity contribution in [3.05, 3.63) is 77.6 Å². The molecule has 26 heavy (non-hydrogen) atoms. The summed E-state index contributed by atoms with van der Waals surface area (Å²) < 4.78 is 15.5. The van der Waals surface area contributed by atoms with Gasteiger partial charge in [-0.1, -0.05) is 18.2 Å². The van der Waals surface area contributed by atoms with Gasteiger partial charge in [0.25, 0.3) is 0 Å². The van der Waals surface area contributed by atoms with Crippen molar-refractivity contribution in [1.82, 2.24) is 19.7 Å². The van der Waals surface area contributed by atoms with E-state index in [0.717, 1.165) is 22.6 Å². The fourth-order valence-electron chi connectivity index (χ4n) is 3.09. The molecule has 0 unspecified atom stereocenters. The Bertz CT molecular complexity index is 1070. The molecule has 0 bridgehead atoms. The fraction of sp³-hybridized carbons (Fsp3) is 0.150. The highest BCUT2D eigenvalue weighted by Gasteiger charge is 2.13. The van der Waals surface area contributed by atoms with Crippen LogP contribution in [0.25, 0.3) is 16.6 Å². The van der Waals surface area contributed by atoms with E-state index in [1.165, 1.54) is 18.5 Å². The maximum atomic E-state index is 13.6. The Morgan fingerprint density at radius 3 is 2.65 bits per heavy atom. The zero-order valence-corrected chi connectivity index (χ0v) is 14.6. The average molecular weight is 347 g/mol. The van der Waals surface area contributed by atoms with E-state index in [1.54, 1.807) is 6.07 Å². The lowest BCUT2D eigenvalue weighted by Gasteiger charge is -2.09. The van der Waals surface area contributed by atoms with Crippen LogP contribution in [0.5, 0.6) is 0 Å². The molecule has 0 amide bonds. The number of para-hydroxylation sites is 1. The maximum Gasteiger partial charge on any atom is 0.137 e. The Morgan fingerprint density at radius 2 is 1.85 bits per heavy atom. The van der Waals surface area contributed by atoms with E-state index in [9.17, 15) is 4.39 Å². The minimum absolute atomic E-state index is 0.306. The van der Waals surface area contributed by atoms with Gasteiger partial charge in [0.2, 0.25) is 0 Å². The number of hydrogen-bond acceptors (Lipinski definition) is 4. The first-order valence-electron chi connectivity index (χ1n) is 8.38. The number of anilines is 1. The number of aryl methyl sites for hydroxylation is 1. The summed E-state index contributed by atoms with van der Waals surface area (Å²) in [5, 5.41) is 8.62. The van der Waals surface area contributed by atoms with Crippen LogP contribution in [0.3, 0.4) is 0 Å². The second-order valence-electron chi connectivity index (χ2n) is 6.13. The van der Waals surface area contributed by atoms with Crippen molar-refractivity contribution in [2.24, 2.45) is 0 Å². The van der Waals surface area contributed by atoms with Gasteiger partial charge in [0.15, 0.2) is 0 Å². The van der Waals surface area contributed by atoms with Gasteiger partial charge in [0.1, 0.15) is 18.0 Å². The van der Waals surface area contributed by atoms with Gasteiger partial charge in [-0.2, -0.15) is 5.10 Å². The lowest BCUT2D eigenvalue weighted by atomic mass is 10.2. The van der Waals surface area contributed by atoms with Crippen molar-refractivity contribution in [2.75, 3.05) is 5.32 Å². The van der Waals surface area contributed by atoms with E-state index in [-0.39, 0.29) is 5.82 Å². The molecule has 0 fully saturated rings. The van der Waals surface area contributed by atoms with Crippen LogP contribution in [0, 0.1) is 19.7 Å². The zero-order chi connectivity index (χ0) is 18.1.